The van der Waals surface area contributed by atoms with Crippen LogP contribution in [0.3, 0.4) is 0 Å². The van der Waals surface area contributed by atoms with Crippen LogP contribution in [0.15, 0.2) is 30.5 Å². The third kappa shape index (κ3) is 4.92. The number of carbonyl (C=O) groups excluding carboxylic acids is 1. The second kappa shape index (κ2) is 8.30. The highest BCUT2D eigenvalue weighted by Gasteiger charge is 2.15. The lowest BCUT2D eigenvalue weighted by Gasteiger charge is -2.16. The molecule has 0 unspecified atom stereocenters. The predicted octanol–water partition coefficient (Wildman–Crippen LogP) is 4.83. The summed E-state index contributed by atoms with van der Waals surface area (Å²) in [7, 11) is 0. The van der Waals surface area contributed by atoms with E-state index in [1.165, 1.54) is 25.7 Å². The molecule has 1 aliphatic rings. The van der Waals surface area contributed by atoms with E-state index < -0.39 is 0 Å². The summed E-state index contributed by atoms with van der Waals surface area (Å²) < 4.78 is 0. The monoisotopic (exact) mass is 358 g/mol. The molecule has 1 aromatic carbocycles. The molecule has 0 spiro atoms. The molecule has 0 atom stereocenters. The molecular formula is C19H23ClN4O. The number of rotatable bonds is 4. The van der Waals surface area contributed by atoms with Crippen LogP contribution < -0.4 is 10.6 Å². The molecule has 1 saturated carbocycles. The van der Waals surface area contributed by atoms with Crippen molar-refractivity contribution in [3.8, 4) is 0 Å². The second-order valence-corrected chi connectivity index (χ2v) is 6.95. The number of halogens is 1. The van der Waals surface area contributed by atoms with Crippen molar-refractivity contribution in [2.75, 3.05) is 10.6 Å². The Morgan fingerprint density at radius 1 is 1.16 bits per heavy atom. The summed E-state index contributed by atoms with van der Waals surface area (Å²) in [5.74, 6) is 0.268. The van der Waals surface area contributed by atoms with Crippen LogP contribution in [-0.4, -0.2) is 21.9 Å². The van der Waals surface area contributed by atoms with Gasteiger partial charge in [0, 0.05) is 22.9 Å². The molecule has 0 saturated heterocycles. The Labute approximate surface area is 153 Å². The lowest BCUT2D eigenvalue weighted by Crippen LogP contribution is -2.21. The van der Waals surface area contributed by atoms with Gasteiger partial charge in [-0.15, -0.1) is 0 Å². The van der Waals surface area contributed by atoms with Gasteiger partial charge in [0.1, 0.15) is 5.69 Å². The molecule has 0 aliphatic heterocycles. The van der Waals surface area contributed by atoms with Gasteiger partial charge in [0.15, 0.2) is 0 Å². The van der Waals surface area contributed by atoms with Gasteiger partial charge in [0.2, 0.25) is 5.95 Å². The lowest BCUT2D eigenvalue weighted by molar-refractivity contribution is 0.102. The first-order valence-electron chi connectivity index (χ1n) is 8.79. The van der Waals surface area contributed by atoms with E-state index in [0.717, 1.165) is 24.1 Å². The van der Waals surface area contributed by atoms with Crippen molar-refractivity contribution in [2.45, 2.75) is 51.5 Å². The maximum atomic E-state index is 12.5. The normalized spacial score (nSPS) is 15.4. The summed E-state index contributed by atoms with van der Waals surface area (Å²) in [5, 5.41) is 6.90. The zero-order valence-corrected chi connectivity index (χ0v) is 15.1. The summed E-state index contributed by atoms with van der Waals surface area (Å²) in [5.41, 5.74) is 1.98. The standard InChI is InChI=1S/C19H23ClN4O/c1-13-12-14(20)8-9-16(13)23-18(25)17-10-11-21-19(24-17)22-15-6-4-2-3-5-7-15/h8-12,15H,2-7H2,1H3,(H,23,25)(H,21,22,24). The fraction of sp³-hybridized carbons (Fsp3) is 0.421. The van der Waals surface area contributed by atoms with Crippen LogP contribution in [-0.2, 0) is 0 Å². The minimum atomic E-state index is -0.253. The third-order valence-electron chi connectivity index (χ3n) is 4.51. The van der Waals surface area contributed by atoms with E-state index in [-0.39, 0.29) is 5.91 Å². The van der Waals surface area contributed by atoms with E-state index in [2.05, 4.69) is 20.6 Å². The molecule has 25 heavy (non-hydrogen) atoms. The van der Waals surface area contributed by atoms with Gasteiger partial charge in [-0.2, -0.15) is 0 Å². The average Bonchev–Trinajstić information content (AvgIpc) is 2.86. The van der Waals surface area contributed by atoms with Crippen LogP contribution in [0.5, 0.6) is 0 Å². The molecule has 1 aliphatic carbocycles. The van der Waals surface area contributed by atoms with Crippen LogP contribution in [0.1, 0.15) is 54.6 Å². The van der Waals surface area contributed by atoms with Gasteiger partial charge < -0.3 is 10.6 Å². The quantitative estimate of drug-likeness (QED) is 0.768. The first-order chi connectivity index (χ1) is 12.1. The van der Waals surface area contributed by atoms with E-state index in [9.17, 15) is 4.79 Å². The van der Waals surface area contributed by atoms with E-state index in [4.69, 9.17) is 11.6 Å². The summed E-state index contributed by atoms with van der Waals surface area (Å²) in [4.78, 5) is 21.1. The van der Waals surface area contributed by atoms with Gasteiger partial charge in [-0.25, -0.2) is 9.97 Å². The van der Waals surface area contributed by atoms with Gasteiger partial charge in [-0.1, -0.05) is 37.3 Å². The van der Waals surface area contributed by atoms with Crippen molar-refractivity contribution < 1.29 is 4.79 Å². The summed E-state index contributed by atoms with van der Waals surface area (Å²) in [6.45, 7) is 1.90. The molecule has 5 nitrogen and oxygen atoms in total. The molecular weight excluding hydrogens is 336 g/mol. The van der Waals surface area contributed by atoms with Gasteiger partial charge in [0.05, 0.1) is 0 Å². The first kappa shape index (κ1) is 17.7. The van der Waals surface area contributed by atoms with E-state index >= 15 is 0 Å². The maximum absolute atomic E-state index is 12.5. The molecule has 6 heteroatoms. The molecule has 132 valence electrons. The first-order valence-corrected chi connectivity index (χ1v) is 9.17. The number of amides is 1. The Bertz CT molecular complexity index is 742. The minimum absolute atomic E-state index is 0.253. The highest BCUT2D eigenvalue weighted by atomic mass is 35.5. The number of aromatic nitrogens is 2. The topological polar surface area (TPSA) is 66.9 Å². The van der Waals surface area contributed by atoms with E-state index in [1.807, 2.05) is 13.0 Å². The van der Waals surface area contributed by atoms with Crippen molar-refractivity contribution >= 4 is 29.1 Å². The van der Waals surface area contributed by atoms with E-state index in [1.54, 1.807) is 24.4 Å². The van der Waals surface area contributed by atoms with E-state index in [0.29, 0.717) is 22.7 Å². The lowest BCUT2D eigenvalue weighted by atomic mass is 10.1. The Balaban J connectivity index is 1.68. The van der Waals surface area contributed by atoms with Crippen LogP contribution in [0.25, 0.3) is 0 Å². The fourth-order valence-electron chi connectivity index (χ4n) is 3.11. The number of benzene rings is 1. The Hall–Kier alpha value is -2.14. The number of hydrogen-bond donors (Lipinski definition) is 2. The van der Waals surface area contributed by atoms with Crippen molar-refractivity contribution in [2.24, 2.45) is 0 Å². The molecule has 3 rings (SSSR count). The molecule has 1 amide bonds. The van der Waals surface area contributed by atoms with Crippen LogP contribution >= 0.6 is 11.6 Å². The molecule has 0 radical (unpaired) electrons. The van der Waals surface area contributed by atoms with Gasteiger partial charge in [-0.05, 0) is 49.6 Å². The van der Waals surface area contributed by atoms with Crippen LogP contribution in [0, 0.1) is 6.92 Å². The molecule has 1 heterocycles. The summed E-state index contributed by atoms with van der Waals surface area (Å²) in [6.07, 6.45) is 8.92. The average molecular weight is 359 g/mol. The van der Waals surface area contributed by atoms with Crippen LogP contribution in [0.4, 0.5) is 11.6 Å². The minimum Gasteiger partial charge on any atom is -0.351 e. The van der Waals surface area contributed by atoms with Gasteiger partial charge in [0.25, 0.3) is 5.91 Å². The largest absolute Gasteiger partial charge is 0.351 e. The second-order valence-electron chi connectivity index (χ2n) is 6.51. The third-order valence-corrected chi connectivity index (χ3v) is 4.75. The van der Waals surface area contributed by atoms with Crippen molar-refractivity contribution in [1.82, 2.24) is 9.97 Å². The number of carbonyl (C=O) groups is 1. The Morgan fingerprint density at radius 3 is 2.64 bits per heavy atom. The number of nitrogens with zero attached hydrogens (tertiary/aromatic N) is 2. The predicted molar refractivity (Wildman–Crippen MR) is 101 cm³/mol. The molecule has 2 N–H and O–H groups in total. The van der Waals surface area contributed by atoms with Crippen LogP contribution in [0.2, 0.25) is 5.02 Å². The smallest absolute Gasteiger partial charge is 0.274 e. The summed E-state index contributed by atoms with van der Waals surface area (Å²) in [6, 6.07) is 7.37. The molecule has 1 fully saturated rings. The van der Waals surface area contributed by atoms with Crippen molar-refractivity contribution in [3.05, 3.63) is 46.7 Å². The highest BCUT2D eigenvalue weighted by molar-refractivity contribution is 6.30. The van der Waals surface area contributed by atoms with Crippen molar-refractivity contribution in [1.29, 1.82) is 0 Å². The molecule has 2 aromatic rings. The molecule has 0 bridgehead atoms. The Kier molecular flexibility index (Phi) is 5.87. The highest BCUT2D eigenvalue weighted by Crippen LogP contribution is 2.21. The van der Waals surface area contributed by atoms with Gasteiger partial charge in [-0.3, -0.25) is 4.79 Å². The zero-order valence-electron chi connectivity index (χ0n) is 14.4. The summed E-state index contributed by atoms with van der Waals surface area (Å²) >= 11 is 5.95. The number of nitrogens with one attached hydrogen (secondary N) is 2. The van der Waals surface area contributed by atoms with Crippen molar-refractivity contribution in [3.63, 3.8) is 0 Å². The van der Waals surface area contributed by atoms with Gasteiger partial charge >= 0.3 is 0 Å². The SMILES string of the molecule is Cc1cc(Cl)ccc1NC(=O)c1ccnc(NC2CCCCCC2)n1. The number of anilines is 2. The zero-order chi connectivity index (χ0) is 17.6. The fourth-order valence-corrected chi connectivity index (χ4v) is 3.34. The maximum Gasteiger partial charge on any atom is 0.274 e. The number of aryl methyl sites for hydroxylation is 1. The number of hydrogen-bond acceptors (Lipinski definition) is 4. The Morgan fingerprint density at radius 2 is 1.92 bits per heavy atom. The molecule has 1 aromatic heterocycles.